The number of carbonyl (C=O) groups is 1. The molecule has 0 unspecified atom stereocenters. The molecule has 0 fully saturated rings. The Kier molecular flexibility index (Phi) is 5.75. The molecule has 0 amide bonds. The molecule has 56 valence electrons. The van der Waals surface area contributed by atoms with Crippen LogP contribution in [0, 0.1) is 11.8 Å². The fourth-order valence-electron chi connectivity index (χ4n) is 0.460. The van der Waals surface area contributed by atoms with E-state index in [4.69, 9.17) is 0 Å². The van der Waals surface area contributed by atoms with Gasteiger partial charge in [-0.1, -0.05) is 19.3 Å². The summed E-state index contributed by atoms with van der Waals surface area (Å²) in [5.41, 5.74) is 0. The van der Waals surface area contributed by atoms with Gasteiger partial charge >= 0.3 is 0 Å². The molecule has 0 saturated carbocycles. The van der Waals surface area contributed by atoms with Crippen LogP contribution in [0.15, 0.2) is 0 Å². The summed E-state index contributed by atoms with van der Waals surface area (Å²) in [6.07, 6.45) is 2.73. The highest BCUT2D eigenvalue weighted by Gasteiger charge is 1.89. The van der Waals surface area contributed by atoms with Gasteiger partial charge in [-0.15, -0.1) is 0 Å². The van der Waals surface area contributed by atoms with Crippen LogP contribution in [0.5, 0.6) is 0 Å². The SMILES string of the molecule is CCCCC#CC(=O)CF. The van der Waals surface area contributed by atoms with Crippen LogP contribution in [0.1, 0.15) is 26.2 Å². The van der Waals surface area contributed by atoms with Crippen molar-refractivity contribution in [1.82, 2.24) is 0 Å². The van der Waals surface area contributed by atoms with E-state index in [0.29, 0.717) is 6.42 Å². The van der Waals surface area contributed by atoms with Crippen molar-refractivity contribution < 1.29 is 9.18 Å². The van der Waals surface area contributed by atoms with Gasteiger partial charge < -0.3 is 0 Å². The van der Waals surface area contributed by atoms with Gasteiger partial charge in [-0.05, 0) is 12.3 Å². The van der Waals surface area contributed by atoms with E-state index in [1.165, 1.54) is 0 Å². The highest BCUT2D eigenvalue weighted by atomic mass is 19.1. The lowest BCUT2D eigenvalue weighted by molar-refractivity contribution is -0.114. The third kappa shape index (κ3) is 5.30. The Bertz CT molecular complexity index is 152. The monoisotopic (exact) mass is 142 g/mol. The summed E-state index contributed by atoms with van der Waals surface area (Å²) in [5.74, 6) is 4.19. The van der Waals surface area contributed by atoms with Crippen molar-refractivity contribution in [3.63, 3.8) is 0 Å². The Morgan fingerprint density at radius 2 is 2.30 bits per heavy atom. The van der Waals surface area contributed by atoms with Gasteiger partial charge in [0.1, 0.15) is 0 Å². The maximum absolute atomic E-state index is 11.4. The number of hydrogen-bond donors (Lipinski definition) is 0. The van der Waals surface area contributed by atoms with Crippen molar-refractivity contribution in [2.45, 2.75) is 26.2 Å². The molecule has 0 spiro atoms. The molecule has 0 aliphatic carbocycles. The second-order valence-corrected chi connectivity index (χ2v) is 1.96. The Hall–Kier alpha value is -0.840. The number of hydrogen-bond acceptors (Lipinski definition) is 1. The van der Waals surface area contributed by atoms with E-state index >= 15 is 0 Å². The third-order valence-corrected chi connectivity index (χ3v) is 1.00. The van der Waals surface area contributed by atoms with Crippen LogP contribution < -0.4 is 0 Å². The van der Waals surface area contributed by atoms with Gasteiger partial charge in [-0.3, -0.25) is 4.79 Å². The molecular formula is C8H11FO. The Morgan fingerprint density at radius 1 is 1.60 bits per heavy atom. The summed E-state index contributed by atoms with van der Waals surface area (Å²) in [4.78, 5) is 10.2. The molecule has 0 N–H and O–H groups in total. The van der Waals surface area contributed by atoms with E-state index in [9.17, 15) is 9.18 Å². The third-order valence-electron chi connectivity index (χ3n) is 1.00. The van der Waals surface area contributed by atoms with Gasteiger partial charge in [0.25, 0.3) is 0 Å². The zero-order chi connectivity index (χ0) is 7.82. The van der Waals surface area contributed by atoms with Gasteiger partial charge in [0.15, 0.2) is 6.67 Å². The van der Waals surface area contributed by atoms with Crippen LogP contribution in [-0.2, 0) is 4.79 Å². The van der Waals surface area contributed by atoms with Crippen LogP contribution in [0.3, 0.4) is 0 Å². The van der Waals surface area contributed by atoms with Gasteiger partial charge in [0, 0.05) is 6.42 Å². The van der Waals surface area contributed by atoms with E-state index in [2.05, 4.69) is 11.8 Å². The summed E-state index contributed by atoms with van der Waals surface area (Å²) in [6.45, 7) is 1.08. The number of carbonyl (C=O) groups excluding carboxylic acids is 1. The van der Waals surface area contributed by atoms with E-state index < -0.39 is 12.5 Å². The lowest BCUT2D eigenvalue weighted by Crippen LogP contribution is -1.93. The maximum Gasteiger partial charge on any atom is 0.236 e. The summed E-state index contributed by atoms with van der Waals surface area (Å²) in [7, 11) is 0. The molecule has 0 aromatic carbocycles. The number of ketones is 1. The molecule has 0 aliphatic rings. The van der Waals surface area contributed by atoms with Crippen molar-refractivity contribution in [2.24, 2.45) is 0 Å². The molecule has 1 nitrogen and oxygen atoms in total. The van der Waals surface area contributed by atoms with E-state index in [0.717, 1.165) is 12.8 Å². The van der Waals surface area contributed by atoms with E-state index in [-0.39, 0.29) is 0 Å². The number of Topliss-reactive ketones (excluding diaryl/α,β-unsaturated/α-hetero) is 1. The normalized spacial score (nSPS) is 8.20. The van der Waals surface area contributed by atoms with Crippen LogP contribution in [0.2, 0.25) is 0 Å². The second-order valence-electron chi connectivity index (χ2n) is 1.96. The molecule has 0 rings (SSSR count). The van der Waals surface area contributed by atoms with Crippen LogP contribution >= 0.6 is 0 Å². The molecule has 10 heavy (non-hydrogen) atoms. The standard InChI is InChI=1S/C8H11FO/c1-2-3-4-5-6-8(10)7-9/h2-4,7H2,1H3. The summed E-state index contributed by atoms with van der Waals surface area (Å²) in [5, 5.41) is 0. The first-order valence-corrected chi connectivity index (χ1v) is 3.39. The Balaban J connectivity index is 3.39. The Labute approximate surface area is 60.6 Å². The van der Waals surface area contributed by atoms with Crippen LogP contribution in [0.4, 0.5) is 4.39 Å². The first-order chi connectivity index (χ1) is 4.81. The van der Waals surface area contributed by atoms with Crippen molar-refractivity contribution in [2.75, 3.05) is 6.67 Å². The number of unbranched alkanes of at least 4 members (excludes halogenated alkanes) is 2. The Morgan fingerprint density at radius 3 is 2.80 bits per heavy atom. The van der Waals surface area contributed by atoms with Gasteiger partial charge in [-0.25, -0.2) is 4.39 Å². The molecule has 2 heteroatoms. The smallest absolute Gasteiger partial charge is 0.236 e. The van der Waals surface area contributed by atoms with Crippen LogP contribution in [0.25, 0.3) is 0 Å². The molecule has 0 aliphatic heterocycles. The topological polar surface area (TPSA) is 17.1 Å². The molecule has 0 heterocycles. The zero-order valence-corrected chi connectivity index (χ0v) is 6.11. The summed E-state index contributed by atoms with van der Waals surface area (Å²) < 4.78 is 11.4. The highest BCUT2D eigenvalue weighted by molar-refractivity contribution is 5.96. The quantitative estimate of drug-likeness (QED) is 0.333. The molecule has 0 radical (unpaired) electrons. The minimum Gasteiger partial charge on any atom is -0.282 e. The average molecular weight is 142 g/mol. The van der Waals surface area contributed by atoms with E-state index in [1.54, 1.807) is 0 Å². The highest BCUT2D eigenvalue weighted by Crippen LogP contribution is 1.90. The predicted octanol–water partition coefficient (Wildman–Crippen LogP) is 1.72. The van der Waals surface area contributed by atoms with Gasteiger partial charge in [-0.2, -0.15) is 0 Å². The zero-order valence-electron chi connectivity index (χ0n) is 6.11. The minimum atomic E-state index is -0.959. The lowest BCUT2D eigenvalue weighted by Gasteiger charge is -1.82. The van der Waals surface area contributed by atoms with Crippen molar-refractivity contribution in [3.05, 3.63) is 0 Å². The van der Waals surface area contributed by atoms with Crippen molar-refractivity contribution in [1.29, 1.82) is 0 Å². The molecule has 0 saturated heterocycles. The van der Waals surface area contributed by atoms with E-state index in [1.807, 2.05) is 6.92 Å². The lowest BCUT2D eigenvalue weighted by atomic mass is 10.2. The molecule has 0 aromatic rings. The fraction of sp³-hybridized carbons (Fsp3) is 0.625. The van der Waals surface area contributed by atoms with Gasteiger partial charge in [0.2, 0.25) is 5.78 Å². The van der Waals surface area contributed by atoms with Crippen molar-refractivity contribution in [3.8, 4) is 11.8 Å². The number of alkyl halides is 1. The molecule has 0 atom stereocenters. The van der Waals surface area contributed by atoms with Gasteiger partial charge in [0.05, 0.1) is 0 Å². The largest absolute Gasteiger partial charge is 0.282 e. The summed E-state index contributed by atoms with van der Waals surface area (Å²) in [6, 6.07) is 0. The second kappa shape index (κ2) is 6.28. The molecule has 0 bridgehead atoms. The first kappa shape index (κ1) is 9.16. The first-order valence-electron chi connectivity index (χ1n) is 3.39. The maximum atomic E-state index is 11.4. The predicted molar refractivity (Wildman–Crippen MR) is 38.3 cm³/mol. The average Bonchev–Trinajstić information content (AvgIpc) is 1.98. The van der Waals surface area contributed by atoms with Crippen molar-refractivity contribution >= 4 is 5.78 Å². The minimum absolute atomic E-state index is 0.615. The van der Waals surface area contributed by atoms with Crippen LogP contribution in [-0.4, -0.2) is 12.5 Å². The fourth-order valence-corrected chi connectivity index (χ4v) is 0.460. The molecular weight excluding hydrogens is 131 g/mol. The number of halogens is 1. The summed E-state index contributed by atoms with van der Waals surface area (Å²) >= 11 is 0. The number of rotatable bonds is 3. The molecule has 0 aromatic heterocycles.